The lowest BCUT2D eigenvalue weighted by Crippen LogP contribution is -2.27. The maximum absolute atomic E-state index is 13.4. The molecule has 37 heavy (non-hydrogen) atoms. The summed E-state index contributed by atoms with van der Waals surface area (Å²) in [6, 6.07) is 20.6. The standard InChI is InChI=1S/C28H27N5O4/c1-4-37-28(36)33-24-17-32(27(35)21-10-9-18-7-5-6-8-20(18)15-21)16-23(24)25(30-33)29-26(34)19-11-13-22(14-12-19)31(2)3/h5-15H,4,16-17H2,1-3H3,(H,29,30,34). The zero-order chi connectivity index (χ0) is 26.1. The smallest absolute Gasteiger partial charge is 0.435 e. The van der Waals surface area contributed by atoms with E-state index >= 15 is 0 Å². The number of carbonyl (C=O) groups is 3. The molecule has 5 rings (SSSR count). The molecule has 0 spiro atoms. The van der Waals surface area contributed by atoms with Crippen LogP contribution in [0.4, 0.5) is 16.3 Å². The Kier molecular flexibility index (Phi) is 6.35. The van der Waals surface area contributed by atoms with Gasteiger partial charge < -0.3 is 19.9 Å². The molecular formula is C28H27N5O4. The summed E-state index contributed by atoms with van der Waals surface area (Å²) in [5.74, 6) is -0.298. The predicted octanol–water partition coefficient (Wildman–Crippen LogP) is 4.52. The van der Waals surface area contributed by atoms with Crippen LogP contribution in [0.3, 0.4) is 0 Å². The predicted molar refractivity (Wildman–Crippen MR) is 141 cm³/mol. The van der Waals surface area contributed by atoms with Gasteiger partial charge in [0.25, 0.3) is 11.8 Å². The third kappa shape index (κ3) is 4.63. The summed E-state index contributed by atoms with van der Waals surface area (Å²) in [7, 11) is 3.84. The van der Waals surface area contributed by atoms with Gasteiger partial charge in [-0.25, -0.2) is 4.79 Å². The van der Waals surface area contributed by atoms with E-state index < -0.39 is 6.09 Å². The lowest BCUT2D eigenvalue weighted by atomic mass is 10.1. The van der Waals surface area contributed by atoms with Crippen molar-refractivity contribution in [2.45, 2.75) is 20.0 Å². The van der Waals surface area contributed by atoms with E-state index in [2.05, 4.69) is 10.4 Å². The Morgan fingerprint density at radius 3 is 2.35 bits per heavy atom. The molecule has 3 aromatic carbocycles. The molecule has 0 saturated carbocycles. The van der Waals surface area contributed by atoms with Crippen LogP contribution in [-0.2, 0) is 17.8 Å². The molecule has 0 unspecified atom stereocenters. The zero-order valence-electron chi connectivity index (χ0n) is 20.9. The number of ether oxygens (including phenoxy) is 1. The first-order chi connectivity index (χ1) is 17.9. The normalized spacial score (nSPS) is 12.4. The molecule has 0 atom stereocenters. The monoisotopic (exact) mass is 497 g/mol. The van der Waals surface area contributed by atoms with Gasteiger partial charge in [0.05, 0.1) is 25.4 Å². The van der Waals surface area contributed by atoms with E-state index in [1.54, 1.807) is 30.0 Å². The molecule has 0 fully saturated rings. The van der Waals surface area contributed by atoms with Crippen molar-refractivity contribution in [3.05, 3.63) is 89.1 Å². The van der Waals surface area contributed by atoms with E-state index in [1.165, 1.54) is 0 Å². The van der Waals surface area contributed by atoms with E-state index in [9.17, 15) is 14.4 Å². The fourth-order valence-corrected chi connectivity index (χ4v) is 4.42. The second kappa shape index (κ2) is 9.77. The van der Waals surface area contributed by atoms with Gasteiger partial charge in [0.15, 0.2) is 5.82 Å². The summed E-state index contributed by atoms with van der Waals surface area (Å²) >= 11 is 0. The number of anilines is 2. The highest BCUT2D eigenvalue weighted by atomic mass is 16.6. The first kappa shape index (κ1) is 24.1. The Morgan fingerprint density at radius 2 is 1.65 bits per heavy atom. The molecule has 1 N–H and O–H groups in total. The lowest BCUT2D eigenvalue weighted by molar-refractivity contribution is 0.0747. The van der Waals surface area contributed by atoms with Crippen molar-refractivity contribution < 1.29 is 19.1 Å². The number of fused-ring (bicyclic) bond motifs is 2. The van der Waals surface area contributed by atoms with Crippen LogP contribution in [0.1, 0.15) is 38.9 Å². The molecule has 9 nitrogen and oxygen atoms in total. The van der Waals surface area contributed by atoms with Gasteiger partial charge in [0.2, 0.25) is 0 Å². The Morgan fingerprint density at radius 1 is 0.946 bits per heavy atom. The van der Waals surface area contributed by atoms with Crippen molar-refractivity contribution >= 4 is 40.2 Å². The fourth-order valence-electron chi connectivity index (χ4n) is 4.42. The molecule has 2 heterocycles. The number of benzene rings is 3. The topological polar surface area (TPSA) is 96.8 Å². The van der Waals surface area contributed by atoms with Gasteiger partial charge in [-0.1, -0.05) is 30.3 Å². The minimum atomic E-state index is -0.658. The third-order valence-corrected chi connectivity index (χ3v) is 6.38. The molecule has 0 aliphatic carbocycles. The fraction of sp³-hybridized carbons (Fsp3) is 0.214. The van der Waals surface area contributed by atoms with Crippen LogP contribution in [0, 0.1) is 0 Å². The molecule has 1 aromatic heterocycles. The average Bonchev–Trinajstić information content (AvgIpc) is 3.48. The third-order valence-electron chi connectivity index (χ3n) is 6.38. The molecule has 0 bridgehead atoms. The molecule has 4 aromatic rings. The Hall–Kier alpha value is -4.66. The summed E-state index contributed by atoms with van der Waals surface area (Å²) in [4.78, 5) is 42.6. The van der Waals surface area contributed by atoms with Crippen LogP contribution in [0.5, 0.6) is 0 Å². The SMILES string of the molecule is CCOC(=O)n1nc(NC(=O)c2ccc(N(C)C)cc2)c2c1CN(C(=O)c1ccc3ccccc3c1)C2. The van der Waals surface area contributed by atoms with Gasteiger partial charge in [-0.15, -0.1) is 5.10 Å². The molecule has 1 aliphatic heterocycles. The molecule has 0 saturated heterocycles. The van der Waals surface area contributed by atoms with Crippen molar-refractivity contribution in [2.75, 3.05) is 30.9 Å². The van der Waals surface area contributed by atoms with E-state index in [4.69, 9.17) is 4.74 Å². The summed E-state index contributed by atoms with van der Waals surface area (Å²) in [6.45, 7) is 2.25. The number of hydrogen-bond donors (Lipinski definition) is 1. The highest BCUT2D eigenvalue weighted by molar-refractivity contribution is 6.05. The minimum Gasteiger partial charge on any atom is -0.448 e. The number of nitrogens with zero attached hydrogens (tertiary/aromatic N) is 4. The van der Waals surface area contributed by atoms with Crippen LogP contribution >= 0.6 is 0 Å². The molecule has 188 valence electrons. The second-order valence-electron chi connectivity index (χ2n) is 9.00. The average molecular weight is 498 g/mol. The number of rotatable bonds is 5. The Balaban J connectivity index is 1.42. The van der Waals surface area contributed by atoms with Crippen LogP contribution in [0.25, 0.3) is 10.8 Å². The molecule has 0 radical (unpaired) electrons. The summed E-state index contributed by atoms with van der Waals surface area (Å²) in [5.41, 5.74) is 3.09. The van der Waals surface area contributed by atoms with Crippen LogP contribution in [0.2, 0.25) is 0 Å². The molecule has 9 heteroatoms. The number of nitrogens with one attached hydrogen (secondary N) is 1. The van der Waals surface area contributed by atoms with E-state index in [0.717, 1.165) is 21.1 Å². The van der Waals surface area contributed by atoms with Crippen molar-refractivity contribution in [3.63, 3.8) is 0 Å². The highest BCUT2D eigenvalue weighted by Gasteiger charge is 2.34. The zero-order valence-corrected chi connectivity index (χ0v) is 20.9. The van der Waals surface area contributed by atoms with E-state index in [-0.39, 0.29) is 37.3 Å². The molecule has 2 amide bonds. The van der Waals surface area contributed by atoms with Crippen molar-refractivity contribution in [3.8, 4) is 0 Å². The summed E-state index contributed by atoms with van der Waals surface area (Å²) < 4.78 is 6.30. The second-order valence-corrected chi connectivity index (χ2v) is 9.00. The minimum absolute atomic E-state index is 0.167. The van der Waals surface area contributed by atoms with Gasteiger partial charge >= 0.3 is 6.09 Å². The van der Waals surface area contributed by atoms with Crippen LogP contribution in [0.15, 0.2) is 66.7 Å². The summed E-state index contributed by atoms with van der Waals surface area (Å²) in [6.07, 6.45) is -0.658. The van der Waals surface area contributed by atoms with Gasteiger partial charge in [-0.3, -0.25) is 9.59 Å². The van der Waals surface area contributed by atoms with Crippen LogP contribution in [-0.4, -0.2) is 53.3 Å². The molecular weight excluding hydrogens is 470 g/mol. The van der Waals surface area contributed by atoms with E-state index in [1.807, 2.05) is 67.5 Å². The van der Waals surface area contributed by atoms with Gasteiger partial charge in [0.1, 0.15) is 0 Å². The Bertz CT molecular complexity index is 1510. The van der Waals surface area contributed by atoms with E-state index in [0.29, 0.717) is 22.4 Å². The van der Waals surface area contributed by atoms with Crippen molar-refractivity contribution in [2.24, 2.45) is 0 Å². The summed E-state index contributed by atoms with van der Waals surface area (Å²) in [5, 5.41) is 9.17. The van der Waals surface area contributed by atoms with Gasteiger partial charge in [-0.05, 0) is 54.1 Å². The highest BCUT2D eigenvalue weighted by Crippen LogP contribution is 2.31. The number of amides is 2. The number of aromatic nitrogens is 2. The molecule has 1 aliphatic rings. The van der Waals surface area contributed by atoms with Gasteiger partial charge in [-0.2, -0.15) is 4.68 Å². The first-order valence-electron chi connectivity index (χ1n) is 12.0. The number of carbonyl (C=O) groups excluding carboxylic acids is 3. The maximum atomic E-state index is 13.4. The van der Waals surface area contributed by atoms with Crippen molar-refractivity contribution in [1.29, 1.82) is 0 Å². The first-order valence-corrected chi connectivity index (χ1v) is 12.0. The van der Waals surface area contributed by atoms with Crippen LogP contribution < -0.4 is 10.2 Å². The lowest BCUT2D eigenvalue weighted by Gasteiger charge is -2.17. The Labute approximate surface area is 214 Å². The maximum Gasteiger partial charge on any atom is 0.435 e. The van der Waals surface area contributed by atoms with Gasteiger partial charge in [0, 0.05) is 36.5 Å². The quantitative estimate of drug-likeness (QED) is 0.436. The number of hydrogen-bond acceptors (Lipinski definition) is 6. The van der Waals surface area contributed by atoms with Crippen molar-refractivity contribution in [1.82, 2.24) is 14.7 Å². The largest absolute Gasteiger partial charge is 0.448 e.